The zero-order chi connectivity index (χ0) is 10.6. The molecule has 0 unspecified atom stereocenters. The average Bonchev–Trinajstić information content (AvgIpc) is 2.16. The standard InChI is InChI=1S/C9H11N3O2/c1-14-9-7(10)4-2-6(12-9)3-5-8(11)13/h2-5H,10H2,1H3,(H2,11,13). The predicted molar refractivity (Wildman–Crippen MR) is 53.4 cm³/mol. The van der Waals surface area contributed by atoms with Gasteiger partial charge < -0.3 is 16.2 Å². The van der Waals surface area contributed by atoms with Gasteiger partial charge in [0.25, 0.3) is 0 Å². The maximum atomic E-state index is 10.4. The fourth-order valence-electron chi connectivity index (χ4n) is 0.889. The molecular weight excluding hydrogens is 182 g/mol. The van der Waals surface area contributed by atoms with Crippen molar-refractivity contribution in [2.75, 3.05) is 12.8 Å². The zero-order valence-electron chi connectivity index (χ0n) is 7.73. The number of ether oxygens (including phenoxy) is 1. The molecule has 0 aliphatic heterocycles. The number of hydrogen-bond acceptors (Lipinski definition) is 4. The van der Waals surface area contributed by atoms with Crippen molar-refractivity contribution in [2.24, 2.45) is 5.73 Å². The third kappa shape index (κ3) is 2.48. The molecule has 0 saturated carbocycles. The molecule has 0 spiro atoms. The van der Waals surface area contributed by atoms with E-state index in [1.165, 1.54) is 19.3 Å². The van der Waals surface area contributed by atoms with Crippen molar-refractivity contribution in [1.82, 2.24) is 4.98 Å². The molecule has 4 N–H and O–H groups in total. The van der Waals surface area contributed by atoms with Gasteiger partial charge >= 0.3 is 0 Å². The molecule has 74 valence electrons. The first-order chi connectivity index (χ1) is 6.63. The highest BCUT2D eigenvalue weighted by Crippen LogP contribution is 2.17. The number of aromatic nitrogens is 1. The van der Waals surface area contributed by atoms with Crippen molar-refractivity contribution in [3.8, 4) is 5.88 Å². The highest BCUT2D eigenvalue weighted by molar-refractivity contribution is 5.90. The lowest BCUT2D eigenvalue weighted by Gasteiger charge is -2.02. The molecule has 1 amide bonds. The van der Waals surface area contributed by atoms with Gasteiger partial charge in [0.2, 0.25) is 11.8 Å². The van der Waals surface area contributed by atoms with Crippen LogP contribution in [0.2, 0.25) is 0 Å². The van der Waals surface area contributed by atoms with Crippen LogP contribution in [0.5, 0.6) is 5.88 Å². The van der Waals surface area contributed by atoms with Gasteiger partial charge in [-0.15, -0.1) is 0 Å². The molecule has 5 nitrogen and oxygen atoms in total. The van der Waals surface area contributed by atoms with Crippen molar-refractivity contribution >= 4 is 17.7 Å². The molecule has 1 aromatic heterocycles. The summed E-state index contributed by atoms with van der Waals surface area (Å²) in [5.74, 6) is -0.195. The minimum atomic E-state index is -0.525. The van der Waals surface area contributed by atoms with E-state index in [0.717, 1.165) is 0 Å². The van der Waals surface area contributed by atoms with Crippen molar-refractivity contribution in [3.63, 3.8) is 0 Å². The monoisotopic (exact) mass is 193 g/mol. The molecule has 1 heterocycles. The van der Waals surface area contributed by atoms with Gasteiger partial charge in [-0.1, -0.05) is 0 Å². The summed E-state index contributed by atoms with van der Waals surface area (Å²) in [4.78, 5) is 14.5. The number of amides is 1. The van der Waals surface area contributed by atoms with Gasteiger partial charge in [0, 0.05) is 6.08 Å². The van der Waals surface area contributed by atoms with Gasteiger partial charge in [0.05, 0.1) is 18.5 Å². The first-order valence-electron chi connectivity index (χ1n) is 3.91. The third-order valence-corrected chi connectivity index (χ3v) is 1.52. The second-order valence-electron chi connectivity index (χ2n) is 2.57. The van der Waals surface area contributed by atoms with Crippen LogP contribution in [-0.4, -0.2) is 18.0 Å². The highest BCUT2D eigenvalue weighted by Gasteiger charge is 2.00. The molecule has 0 aliphatic carbocycles. The minimum Gasteiger partial charge on any atom is -0.480 e. The van der Waals surface area contributed by atoms with E-state index in [0.29, 0.717) is 17.3 Å². The Morgan fingerprint density at radius 1 is 1.57 bits per heavy atom. The molecule has 0 fully saturated rings. The second-order valence-corrected chi connectivity index (χ2v) is 2.57. The smallest absolute Gasteiger partial charge is 0.241 e. The number of hydrogen-bond donors (Lipinski definition) is 2. The Morgan fingerprint density at radius 2 is 2.29 bits per heavy atom. The summed E-state index contributed by atoms with van der Waals surface area (Å²) in [5, 5.41) is 0. The van der Waals surface area contributed by atoms with Crippen LogP contribution in [0.15, 0.2) is 18.2 Å². The van der Waals surface area contributed by atoms with Gasteiger partial charge in [-0.3, -0.25) is 4.79 Å². The molecule has 1 rings (SSSR count). The first-order valence-corrected chi connectivity index (χ1v) is 3.91. The Morgan fingerprint density at radius 3 is 2.86 bits per heavy atom. The third-order valence-electron chi connectivity index (χ3n) is 1.52. The van der Waals surface area contributed by atoms with E-state index in [2.05, 4.69) is 4.98 Å². The fraction of sp³-hybridized carbons (Fsp3) is 0.111. The largest absolute Gasteiger partial charge is 0.480 e. The van der Waals surface area contributed by atoms with E-state index >= 15 is 0 Å². The van der Waals surface area contributed by atoms with Crippen LogP contribution in [0.1, 0.15) is 5.69 Å². The topological polar surface area (TPSA) is 91.2 Å². The quantitative estimate of drug-likeness (QED) is 0.669. The Kier molecular flexibility index (Phi) is 3.06. The Balaban J connectivity index is 2.95. The Bertz CT molecular complexity index is 374. The molecule has 0 atom stereocenters. The molecule has 0 saturated heterocycles. The van der Waals surface area contributed by atoms with Crippen molar-refractivity contribution < 1.29 is 9.53 Å². The number of nitrogens with two attached hydrogens (primary N) is 2. The molecular formula is C9H11N3O2. The highest BCUT2D eigenvalue weighted by atomic mass is 16.5. The summed E-state index contributed by atoms with van der Waals surface area (Å²) < 4.78 is 4.91. The van der Waals surface area contributed by atoms with Gasteiger partial charge in [-0.2, -0.15) is 0 Å². The number of rotatable bonds is 3. The van der Waals surface area contributed by atoms with Crippen molar-refractivity contribution in [1.29, 1.82) is 0 Å². The normalized spacial score (nSPS) is 10.4. The van der Waals surface area contributed by atoms with Crippen LogP contribution >= 0.6 is 0 Å². The van der Waals surface area contributed by atoms with E-state index in [1.54, 1.807) is 12.1 Å². The van der Waals surface area contributed by atoms with Crippen LogP contribution in [0.25, 0.3) is 6.08 Å². The predicted octanol–water partition coefficient (Wildman–Crippen LogP) is 0.171. The SMILES string of the molecule is COc1nc(C=CC(N)=O)ccc1N. The molecule has 0 bridgehead atoms. The van der Waals surface area contributed by atoms with Crippen LogP contribution in [0.3, 0.4) is 0 Å². The number of nitrogen functional groups attached to an aromatic ring is 1. The summed E-state index contributed by atoms with van der Waals surface area (Å²) >= 11 is 0. The fourth-order valence-corrected chi connectivity index (χ4v) is 0.889. The van der Waals surface area contributed by atoms with E-state index in [4.69, 9.17) is 16.2 Å². The molecule has 0 aliphatic rings. The molecule has 0 radical (unpaired) electrons. The Labute approximate surface area is 81.4 Å². The van der Waals surface area contributed by atoms with Crippen LogP contribution in [0.4, 0.5) is 5.69 Å². The average molecular weight is 193 g/mol. The number of pyridine rings is 1. The van der Waals surface area contributed by atoms with E-state index in [-0.39, 0.29) is 0 Å². The van der Waals surface area contributed by atoms with Gasteiger partial charge in [0.15, 0.2) is 0 Å². The van der Waals surface area contributed by atoms with Gasteiger partial charge in [-0.25, -0.2) is 4.98 Å². The molecule has 1 aromatic rings. The Hall–Kier alpha value is -2.04. The summed E-state index contributed by atoms with van der Waals surface area (Å²) in [6.45, 7) is 0. The summed E-state index contributed by atoms with van der Waals surface area (Å²) in [5.41, 5.74) is 11.5. The minimum absolute atomic E-state index is 0.330. The molecule has 0 aromatic carbocycles. The van der Waals surface area contributed by atoms with E-state index < -0.39 is 5.91 Å². The maximum Gasteiger partial charge on any atom is 0.241 e. The zero-order valence-corrected chi connectivity index (χ0v) is 7.73. The summed E-state index contributed by atoms with van der Waals surface area (Å²) in [6.07, 6.45) is 2.71. The van der Waals surface area contributed by atoms with Gasteiger partial charge in [-0.05, 0) is 18.2 Å². The maximum absolute atomic E-state index is 10.4. The number of carbonyl (C=O) groups is 1. The number of anilines is 1. The van der Waals surface area contributed by atoms with Crippen molar-refractivity contribution in [2.45, 2.75) is 0 Å². The number of nitrogens with zero attached hydrogens (tertiary/aromatic N) is 1. The van der Waals surface area contributed by atoms with Crippen molar-refractivity contribution in [3.05, 3.63) is 23.9 Å². The van der Waals surface area contributed by atoms with Crippen LogP contribution < -0.4 is 16.2 Å². The summed E-state index contributed by atoms with van der Waals surface area (Å²) in [6, 6.07) is 3.31. The molecule has 5 heteroatoms. The lowest BCUT2D eigenvalue weighted by atomic mass is 10.3. The van der Waals surface area contributed by atoms with Crippen LogP contribution in [-0.2, 0) is 4.79 Å². The van der Waals surface area contributed by atoms with E-state index in [9.17, 15) is 4.79 Å². The molecule has 14 heavy (non-hydrogen) atoms. The number of primary amides is 1. The van der Waals surface area contributed by atoms with Gasteiger partial charge in [0.1, 0.15) is 0 Å². The second kappa shape index (κ2) is 4.27. The van der Waals surface area contributed by atoms with Crippen LogP contribution in [0, 0.1) is 0 Å². The summed E-state index contributed by atoms with van der Waals surface area (Å²) in [7, 11) is 1.47. The number of carbonyl (C=O) groups excluding carboxylic acids is 1. The lowest BCUT2D eigenvalue weighted by Crippen LogP contribution is -2.05. The van der Waals surface area contributed by atoms with E-state index in [1.807, 2.05) is 0 Å². The lowest BCUT2D eigenvalue weighted by molar-refractivity contribution is -0.113. The first kappa shape index (κ1) is 10.0. The number of methoxy groups -OCH3 is 1.